The van der Waals surface area contributed by atoms with E-state index in [1.54, 1.807) is 6.07 Å². The van der Waals surface area contributed by atoms with Crippen LogP contribution in [-0.2, 0) is 0 Å². The summed E-state index contributed by atoms with van der Waals surface area (Å²) in [4.78, 5) is 7.29. The molecule has 0 amide bonds. The molecule has 7 nitrogen and oxygen atoms in total. The smallest absolute Gasteiger partial charge is 0.224 e. The molecule has 1 aromatic heterocycles. The zero-order chi connectivity index (χ0) is 16.8. The average Bonchev–Trinajstić information content (AvgIpc) is 2.55. The van der Waals surface area contributed by atoms with Crippen LogP contribution in [0.25, 0.3) is 0 Å². The summed E-state index contributed by atoms with van der Waals surface area (Å²) in [6.45, 7) is -0.184. The number of methoxy groups -OCH3 is 2. The molecule has 2 rings (SSSR count). The van der Waals surface area contributed by atoms with Gasteiger partial charge in [0, 0.05) is 17.8 Å². The van der Waals surface area contributed by atoms with Crippen molar-refractivity contribution in [2.24, 2.45) is 0 Å². The summed E-state index contributed by atoms with van der Waals surface area (Å²) in [6.07, 6.45) is 0.950. The van der Waals surface area contributed by atoms with E-state index in [4.69, 9.17) is 31.1 Å². The minimum Gasteiger partial charge on any atom is -0.493 e. The second kappa shape index (κ2) is 7.47. The van der Waals surface area contributed by atoms with Gasteiger partial charge in [0.1, 0.15) is 6.07 Å². The van der Waals surface area contributed by atoms with Crippen LogP contribution in [0.3, 0.4) is 0 Å². The maximum Gasteiger partial charge on any atom is 0.224 e. The number of benzene rings is 1. The van der Waals surface area contributed by atoms with E-state index in [-0.39, 0.29) is 23.5 Å². The highest BCUT2D eigenvalue weighted by atomic mass is 35.5. The molecule has 1 heterocycles. The lowest BCUT2D eigenvalue weighted by Crippen LogP contribution is -2.02. The molecule has 9 heteroatoms. The van der Waals surface area contributed by atoms with Crippen LogP contribution >= 0.6 is 11.6 Å². The van der Waals surface area contributed by atoms with Crippen LogP contribution in [0, 0.1) is 17.1 Å². The number of nitrogens with one attached hydrogen (secondary N) is 1. The third kappa shape index (κ3) is 3.90. The summed E-state index contributed by atoms with van der Waals surface area (Å²) >= 11 is 5.65. The molecule has 0 radical (unpaired) electrons. The SMILES string of the molecule is COc1cc(Nc2nc(Cl)ncc2F)cc(OCC#N)c1OC. The summed E-state index contributed by atoms with van der Waals surface area (Å²) in [5.74, 6) is 0.129. The van der Waals surface area contributed by atoms with Gasteiger partial charge in [-0.15, -0.1) is 0 Å². The Bertz CT molecular complexity index is 752. The highest BCUT2D eigenvalue weighted by Crippen LogP contribution is 2.40. The minimum absolute atomic E-state index is 0.102. The Hall–Kier alpha value is -2.79. The zero-order valence-electron chi connectivity index (χ0n) is 12.3. The van der Waals surface area contributed by atoms with Gasteiger partial charge in [0.25, 0.3) is 0 Å². The molecular formula is C14H12ClFN4O3. The first-order valence-electron chi connectivity index (χ1n) is 6.30. The van der Waals surface area contributed by atoms with Crippen molar-refractivity contribution in [2.45, 2.75) is 0 Å². The van der Waals surface area contributed by atoms with Gasteiger partial charge < -0.3 is 19.5 Å². The molecule has 0 saturated carbocycles. The fourth-order valence-electron chi connectivity index (χ4n) is 1.79. The van der Waals surface area contributed by atoms with Gasteiger partial charge in [-0.2, -0.15) is 10.2 Å². The Kier molecular flexibility index (Phi) is 5.38. The fourth-order valence-corrected chi connectivity index (χ4v) is 1.92. The molecule has 2 aromatic rings. The summed E-state index contributed by atoms with van der Waals surface area (Å²) in [5, 5.41) is 11.3. The van der Waals surface area contributed by atoms with Gasteiger partial charge in [-0.05, 0) is 11.6 Å². The van der Waals surface area contributed by atoms with Crippen molar-refractivity contribution in [2.75, 3.05) is 26.1 Å². The maximum atomic E-state index is 13.7. The molecule has 0 atom stereocenters. The minimum atomic E-state index is -0.677. The van der Waals surface area contributed by atoms with Crippen molar-refractivity contribution in [3.05, 3.63) is 29.4 Å². The largest absolute Gasteiger partial charge is 0.493 e. The molecule has 0 aliphatic rings. The fraction of sp³-hybridized carbons (Fsp3) is 0.214. The molecule has 0 aliphatic carbocycles. The monoisotopic (exact) mass is 338 g/mol. The number of halogens is 2. The number of hydrogen-bond acceptors (Lipinski definition) is 7. The van der Waals surface area contributed by atoms with Crippen LogP contribution in [0.4, 0.5) is 15.9 Å². The zero-order valence-corrected chi connectivity index (χ0v) is 13.0. The van der Waals surface area contributed by atoms with Gasteiger partial charge >= 0.3 is 0 Å². The maximum absolute atomic E-state index is 13.7. The van der Waals surface area contributed by atoms with Crippen molar-refractivity contribution < 1.29 is 18.6 Å². The first kappa shape index (κ1) is 16.6. The molecule has 1 N–H and O–H groups in total. The van der Waals surface area contributed by atoms with Crippen molar-refractivity contribution in [1.82, 2.24) is 9.97 Å². The van der Waals surface area contributed by atoms with E-state index in [2.05, 4.69) is 15.3 Å². The van der Waals surface area contributed by atoms with Gasteiger partial charge in [-0.3, -0.25) is 0 Å². The Morgan fingerprint density at radius 1 is 1.30 bits per heavy atom. The molecule has 0 fully saturated rings. The Labute approximate surface area is 136 Å². The van der Waals surface area contributed by atoms with Crippen molar-refractivity contribution in [3.63, 3.8) is 0 Å². The second-order valence-electron chi connectivity index (χ2n) is 4.12. The lowest BCUT2D eigenvalue weighted by molar-refractivity contribution is 0.310. The van der Waals surface area contributed by atoms with Crippen molar-refractivity contribution in [1.29, 1.82) is 5.26 Å². The number of hydrogen-bond donors (Lipinski definition) is 1. The number of nitriles is 1. The second-order valence-corrected chi connectivity index (χ2v) is 4.46. The van der Waals surface area contributed by atoms with Crippen LogP contribution in [0.2, 0.25) is 5.28 Å². The lowest BCUT2D eigenvalue weighted by Gasteiger charge is -2.15. The molecule has 0 aliphatic heterocycles. The average molecular weight is 339 g/mol. The van der Waals surface area contributed by atoms with E-state index < -0.39 is 5.82 Å². The topological polar surface area (TPSA) is 89.3 Å². The highest BCUT2D eigenvalue weighted by molar-refractivity contribution is 6.28. The number of ether oxygens (including phenoxy) is 3. The summed E-state index contributed by atoms with van der Waals surface area (Å²) in [7, 11) is 2.88. The van der Waals surface area contributed by atoms with E-state index in [0.717, 1.165) is 6.20 Å². The van der Waals surface area contributed by atoms with Gasteiger partial charge in [-0.25, -0.2) is 9.37 Å². The van der Waals surface area contributed by atoms with Crippen LogP contribution in [0.1, 0.15) is 0 Å². The van der Waals surface area contributed by atoms with Crippen molar-refractivity contribution >= 4 is 23.1 Å². The third-order valence-corrected chi connectivity index (χ3v) is 2.90. The summed E-state index contributed by atoms with van der Waals surface area (Å²) in [6, 6.07) is 4.94. The Morgan fingerprint density at radius 3 is 2.70 bits per heavy atom. The van der Waals surface area contributed by atoms with E-state index in [9.17, 15) is 4.39 Å². The van der Waals surface area contributed by atoms with Crippen LogP contribution in [0.15, 0.2) is 18.3 Å². The number of anilines is 2. The highest BCUT2D eigenvalue weighted by Gasteiger charge is 2.15. The molecule has 23 heavy (non-hydrogen) atoms. The van der Waals surface area contributed by atoms with Crippen LogP contribution in [-0.4, -0.2) is 30.8 Å². The first-order chi connectivity index (χ1) is 11.1. The van der Waals surface area contributed by atoms with E-state index >= 15 is 0 Å². The molecular weight excluding hydrogens is 327 g/mol. The van der Waals surface area contributed by atoms with Gasteiger partial charge in [0.05, 0.1) is 20.4 Å². The lowest BCUT2D eigenvalue weighted by atomic mass is 10.2. The number of aromatic nitrogens is 2. The summed E-state index contributed by atoms with van der Waals surface area (Å²) < 4.78 is 29.4. The van der Waals surface area contributed by atoms with E-state index in [1.165, 1.54) is 20.3 Å². The van der Waals surface area contributed by atoms with E-state index in [1.807, 2.05) is 6.07 Å². The molecule has 0 saturated heterocycles. The Balaban J connectivity index is 2.42. The third-order valence-electron chi connectivity index (χ3n) is 2.71. The van der Waals surface area contributed by atoms with Crippen LogP contribution < -0.4 is 19.5 Å². The summed E-state index contributed by atoms with van der Waals surface area (Å²) in [5.41, 5.74) is 0.407. The predicted molar refractivity (Wildman–Crippen MR) is 80.9 cm³/mol. The first-order valence-corrected chi connectivity index (χ1v) is 6.67. The predicted octanol–water partition coefficient (Wildman–Crippen LogP) is 2.93. The molecule has 0 bridgehead atoms. The number of nitrogens with zero attached hydrogens (tertiary/aromatic N) is 3. The van der Waals surface area contributed by atoms with Gasteiger partial charge in [-0.1, -0.05) is 0 Å². The normalized spacial score (nSPS) is 9.87. The van der Waals surface area contributed by atoms with E-state index in [0.29, 0.717) is 17.2 Å². The number of rotatable bonds is 6. The standard InChI is InChI=1S/C14H12ClFN4O3/c1-21-10-5-8(6-11(12(10)22-2)23-4-3-17)19-13-9(16)7-18-14(15)20-13/h5-7H,4H2,1-2H3,(H,18,19,20). The van der Waals surface area contributed by atoms with Gasteiger partial charge in [0.2, 0.25) is 11.0 Å². The molecule has 1 aromatic carbocycles. The van der Waals surface area contributed by atoms with Crippen molar-refractivity contribution in [3.8, 4) is 23.3 Å². The molecule has 120 valence electrons. The molecule has 0 unspecified atom stereocenters. The molecule has 0 spiro atoms. The van der Waals surface area contributed by atoms with Crippen LogP contribution in [0.5, 0.6) is 17.2 Å². The van der Waals surface area contributed by atoms with Gasteiger partial charge in [0.15, 0.2) is 29.7 Å². The quantitative estimate of drug-likeness (QED) is 0.810. The Morgan fingerprint density at radius 2 is 2.04 bits per heavy atom.